The molecule has 0 bridgehead atoms. The first-order valence-corrected chi connectivity index (χ1v) is 14.3. The maximum absolute atomic E-state index is 13.2. The third-order valence-corrected chi connectivity index (χ3v) is 6.95. The number of hydrogen-bond acceptors (Lipinski definition) is 8. The van der Waals surface area contributed by atoms with E-state index in [1.807, 2.05) is 24.3 Å². The Balaban J connectivity index is 2.16. The summed E-state index contributed by atoms with van der Waals surface area (Å²) >= 11 is 1.39. The number of H-pyrrole nitrogens is 1. The number of aliphatic carboxylic acids is 1. The number of amides is 5. The SMILES string of the molecule is CSCCC(NC(=O)C(CCC(N)=O)NC(=O)C(CCC(N)=O)NC(=O)C(N)Cc1c[nH]c2ccccc12)C(=O)O. The number of para-hydroxylation sites is 1. The molecule has 1 heterocycles. The number of carboxylic acids is 1. The first kappa shape index (κ1) is 33.1. The van der Waals surface area contributed by atoms with Gasteiger partial charge in [-0.3, -0.25) is 24.0 Å². The highest BCUT2D eigenvalue weighted by Crippen LogP contribution is 2.19. The second-order valence-electron chi connectivity index (χ2n) is 9.48. The first-order chi connectivity index (χ1) is 19.4. The Bertz CT molecular complexity index is 1250. The van der Waals surface area contributed by atoms with Crippen molar-refractivity contribution in [3.05, 3.63) is 36.0 Å². The minimum atomic E-state index is -1.35. The number of hydrogen-bond donors (Lipinski definition) is 8. The van der Waals surface area contributed by atoms with Crippen LogP contribution in [0.5, 0.6) is 0 Å². The number of primary amides is 2. The molecule has 0 aliphatic heterocycles. The van der Waals surface area contributed by atoms with E-state index in [1.165, 1.54) is 11.8 Å². The molecule has 15 heteroatoms. The highest BCUT2D eigenvalue weighted by molar-refractivity contribution is 7.98. The zero-order chi connectivity index (χ0) is 30.5. The van der Waals surface area contributed by atoms with Gasteiger partial charge in [-0.2, -0.15) is 11.8 Å². The Labute approximate surface area is 240 Å². The number of nitrogens with one attached hydrogen (secondary N) is 4. The van der Waals surface area contributed by atoms with Crippen molar-refractivity contribution in [3.8, 4) is 0 Å². The Morgan fingerprint density at radius 1 is 0.854 bits per heavy atom. The lowest BCUT2D eigenvalue weighted by Gasteiger charge is -2.25. The van der Waals surface area contributed by atoms with Crippen LogP contribution in [0.4, 0.5) is 0 Å². The fourth-order valence-corrected chi connectivity index (χ4v) is 4.53. The fraction of sp³-hybridized carbons (Fsp3) is 0.462. The normalized spacial score (nSPS) is 13.9. The summed E-state index contributed by atoms with van der Waals surface area (Å²) < 4.78 is 0. The zero-order valence-corrected chi connectivity index (χ0v) is 23.5. The van der Waals surface area contributed by atoms with Crippen molar-refractivity contribution < 1.29 is 33.9 Å². The molecule has 1 aromatic carbocycles. The second-order valence-corrected chi connectivity index (χ2v) is 10.5. The molecule has 0 saturated carbocycles. The van der Waals surface area contributed by atoms with E-state index >= 15 is 0 Å². The summed E-state index contributed by atoms with van der Waals surface area (Å²) in [4.78, 5) is 76.6. The van der Waals surface area contributed by atoms with Crippen molar-refractivity contribution in [2.75, 3.05) is 12.0 Å². The van der Waals surface area contributed by atoms with Crippen LogP contribution in [0.2, 0.25) is 0 Å². The molecule has 41 heavy (non-hydrogen) atoms. The van der Waals surface area contributed by atoms with Gasteiger partial charge in [-0.05, 0) is 49.3 Å². The van der Waals surface area contributed by atoms with Crippen molar-refractivity contribution in [2.24, 2.45) is 17.2 Å². The van der Waals surface area contributed by atoms with Crippen LogP contribution < -0.4 is 33.2 Å². The molecule has 11 N–H and O–H groups in total. The molecule has 4 atom stereocenters. The van der Waals surface area contributed by atoms with Gasteiger partial charge in [-0.1, -0.05) is 18.2 Å². The van der Waals surface area contributed by atoms with Gasteiger partial charge < -0.3 is 43.2 Å². The van der Waals surface area contributed by atoms with Crippen LogP contribution in [0.25, 0.3) is 10.9 Å². The van der Waals surface area contributed by atoms with Gasteiger partial charge in [0, 0.05) is 29.9 Å². The zero-order valence-electron chi connectivity index (χ0n) is 22.7. The van der Waals surface area contributed by atoms with E-state index in [1.54, 1.807) is 12.5 Å². The van der Waals surface area contributed by atoms with Gasteiger partial charge in [0.1, 0.15) is 18.1 Å². The molecule has 0 spiro atoms. The average molecular weight is 592 g/mol. The molecule has 1 aromatic heterocycles. The highest BCUT2D eigenvalue weighted by atomic mass is 32.2. The summed E-state index contributed by atoms with van der Waals surface area (Å²) in [5, 5.41) is 17.7. The lowest BCUT2D eigenvalue weighted by molar-refractivity contribution is -0.142. The van der Waals surface area contributed by atoms with E-state index < -0.39 is 59.7 Å². The number of carboxylic acid groups (broad SMARTS) is 1. The third kappa shape index (κ3) is 10.8. The second kappa shape index (κ2) is 16.2. The number of nitrogens with two attached hydrogens (primary N) is 3. The van der Waals surface area contributed by atoms with Crippen LogP contribution in [0.3, 0.4) is 0 Å². The number of thioether (sulfide) groups is 1. The minimum absolute atomic E-state index is 0.129. The van der Waals surface area contributed by atoms with Crippen molar-refractivity contribution in [1.82, 2.24) is 20.9 Å². The smallest absolute Gasteiger partial charge is 0.326 e. The lowest BCUT2D eigenvalue weighted by atomic mass is 10.0. The summed E-state index contributed by atoms with van der Waals surface area (Å²) in [6.45, 7) is 0. The molecule has 0 aliphatic carbocycles. The van der Waals surface area contributed by atoms with E-state index in [0.717, 1.165) is 16.5 Å². The number of rotatable bonds is 18. The van der Waals surface area contributed by atoms with Crippen LogP contribution in [0.15, 0.2) is 30.5 Å². The predicted octanol–water partition coefficient (Wildman–Crippen LogP) is -1.14. The molecule has 2 aromatic rings. The molecule has 0 radical (unpaired) electrons. The van der Waals surface area contributed by atoms with Crippen molar-refractivity contribution in [2.45, 2.75) is 62.7 Å². The largest absolute Gasteiger partial charge is 0.480 e. The van der Waals surface area contributed by atoms with E-state index in [9.17, 15) is 33.9 Å². The van der Waals surface area contributed by atoms with Crippen LogP contribution in [-0.4, -0.2) is 81.8 Å². The maximum atomic E-state index is 13.2. The van der Waals surface area contributed by atoms with Crippen molar-refractivity contribution in [1.29, 1.82) is 0 Å². The minimum Gasteiger partial charge on any atom is -0.480 e. The topological polar surface area (TPSA) is 253 Å². The molecule has 0 saturated heterocycles. The molecule has 4 unspecified atom stereocenters. The molecule has 0 aliphatic rings. The number of fused-ring (bicyclic) bond motifs is 1. The third-order valence-electron chi connectivity index (χ3n) is 6.30. The standard InChI is InChI=1S/C26H37N7O7S/c1-41-11-10-20(26(39)40)33-25(38)19(7-9-22(29)35)32-24(37)18(6-8-21(28)34)31-23(36)16(27)12-14-13-30-17-5-3-2-4-15(14)17/h2-5,13,16,18-20,30H,6-12,27H2,1H3,(H2,28,34)(H2,29,35)(H,31,36)(H,32,37)(H,33,38)(H,39,40). The van der Waals surface area contributed by atoms with Gasteiger partial charge in [-0.25, -0.2) is 4.79 Å². The fourth-order valence-electron chi connectivity index (χ4n) is 4.06. The lowest BCUT2D eigenvalue weighted by Crippen LogP contribution is -2.57. The van der Waals surface area contributed by atoms with E-state index in [-0.39, 0.29) is 38.5 Å². The Morgan fingerprint density at radius 3 is 1.93 bits per heavy atom. The van der Waals surface area contributed by atoms with Crippen LogP contribution in [0.1, 0.15) is 37.7 Å². The Morgan fingerprint density at radius 2 is 1.39 bits per heavy atom. The maximum Gasteiger partial charge on any atom is 0.326 e. The molecule has 2 rings (SSSR count). The highest BCUT2D eigenvalue weighted by Gasteiger charge is 2.30. The van der Waals surface area contributed by atoms with E-state index in [2.05, 4.69) is 20.9 Å². The molecular formula is C26H37N7O7S. The number of aromatic nitrogens is 1. The van der Waals surface area contributed by atoms with Gasteiger partial charge >= 0.3 is 5.97 Å². The predicted molar refractivity (Wildman–Crippen MR) is 153 cm³/mol. The number of aromatic amines is 1. The molecular weight excluding hydrogens is 554 g/mol. The Kier molecular flexibility index (Phi) is 13.1. The van der Waals surface area contributed by atoms with Crippen LogP contribution >= 0.6 is 11.8 Å². The monoisotopic (exact) mass is 591 g/mol. The summed E-state index contributed by atoms with van der Waals surface area (Å²) in [6, 6.07) is 2.53. The Hall–Kier alpha value is -4.11. The number of carbonyl (C=O) groups excluding carboxylic acids is 5. The summed E-state index contributed by atoms with van der Waals surface area (Å²) in [5.41, 5.74) is 18.3. The summed E-state index contributed by atoms with van der Waals surface area (Å²) in [7, 11) is 0. The van der Waals surface area contributed by atoms with Gasteiger partial charge in [0.25, 0.3) is 0 Å². The quantitative estimate of drug-likeness (QED) is 0.104. The molecule has 0 fully saturated rings. The average Bonchev–Trinajstić information content (AvgIpc) is 3.32. The van der Waals surface area contributed by atoms with Crippen LogP contribution in [0, 0.1) is 0 Å². The molecule has 224 valence electrons. The number of benzene rings is 1. The van der Waals surface area contributed by atoms with Crippen molar-refractivity contribution >= 4 is 58.2 Å². The first-order valence-electron chi connectivity index (χ1n) is 12.9. The van der Waals surface area contributed by atoms with Gasteiger partial charge in [0.05, 0.1) is 6.04 Å². The molecule has 5 amide bonds. The van der Waals surface area contributed by atoms with E-state index in [0.29, 0.717) is 5.75 Å². The number of carbonyl (C=O) groups is 6. The van der Waals surface area contributed by atoms with Gasteiger partial charge in [-0.15, -0.1) is 0 Å². The van der Waals surface area contributed by atoms with Crippen LogP contribution in [-0.2, 0) is 35.2 Å². The molecule has 14 nitrogen and oxygen atoms in total. The van der Waals surface area contributed by atoms with Gasteiger partial charge in [0.2, 0.25) is 29.5 Å². The van der Waals surface area contributed by atoms with Gasteiger partial charge in [0.15, 0.2) is 0 Å². The van der Waals surface area contributed by atoms with Crippen molar-refractivity contribution in [3.63, 3.8) is 0 Å². The summed E-state index contributed by atoms with van der Waals surface area (Å²) in [6.07, 6.45) is 2.84. The van der Waals surface area contributed by atoms with E-state index in [4.69, 9.17) is 17.2 Å². The summed E-state index contributed by atoms with van der Waals surface area (Å²) in [5.74, 6) is -4.64.